The van der Waals surface area contributed by atoms with Gasteiger partial charge < -0.3 is 15.8 Å². The number of nitrogens with one attached hydrogen (secondary N) is 1. The van der Waals surface area contributed by atoms with E-state index in [9.17, 15) is 18.0 Å². The molecule has 1 unspecified atom stereocenters. The summed E-state index contributed by atoms with van der Waals surface area (Å²) in [6, 6.07) is 4.34. The average Bonchev–Trinajstić information content (AvgIpc) is 2.65. The van der Waals surface area contributed by atoms with E-state index in [4.69, 9.17) is 5.73 Å². The molecule has 26 heavy (non-hydrogen) atoms. The largest absolute Gasteiger partial charge is 0.465 e. The molecule has 1 atom stereocenters. The summed E-state index contributed by atoms with van der Waals surface area (Å²) in [6.07, 6.45) is 1.25. The van der Waals surface area contributed by atoms with Gasteiger partial charge in [0.25, 0.3) is 0 Å². The van der Waals surface area contributed by atoms with Gasteiger partial charge >= 0.3 is 5.97 Å². The first kappa shape index (κ1) is 20.3. The quantitative estimate of drug-likeness (QED) is 0.680. The minimum atomic E-state index is -3.75. The summed E-state index contributed by atoms with van der Waals surface area (Å²) in [5.74, 6) is -1.08. The lowest BCUT2D eigenvalue weighted by Crippen LogP contribution is -2.46. The molecule has 8 nitrogen and oxygen atoms in total. The number of hydrogen-bond donors (Lipinski definition) is 2. The summed E-state index contributed by atoms with van der Waals surface area (Å²) in [5.41, 5.74) is 6.14. The number of nitrogens with two attached hydrogens (primary N) is 1. The van der Waals surface area contributed by atoms with Gasteiger partial charge in [0.15, 0.2) is 0 Å². The average molecular weight is 383 g/mol. The molecule has 1 aromatic carbocycles. The second-order valence-electron chi connectivity index (χ2n) is 6.25. The van der Waals surface area contributed by atoms with Crippen LogP contribution in [0.25, 0.3) is 0 Å². The number of hydrogen-bond acceptors (Lipinski definition) is 6. The van der Waals surface area contributed by atoms with Crippen molar-refractivity contribution in [3.63, 3.8) is 0 Å². The molecule has 0 bridgehead atoms. The Morgan fingerprint density at radius 3 is 2.73 bits per heavy atom. The molecule has 1 heterocycles. The Hall–Kier alpha value is -1.97. The fourth-order valence-electron chi connectivity index (χ4n) is 3.04. The topological polar surface area (TPSA) is 119 Å². The lowest BCUT2D eigenvalue weighted by atomic mass is 9.99. The summed E-state index contributed by atoms with van der Waals surface area (Å²) >= 11 is 0. The molecule has 1 saturated heterocycles. The van der Waals surface area contributed by atoms with Crippen LogP contribution in [0.2, 0.25) is 0 Å². The Labute approximate surface area is 153 Å². The number of benzene rings is 1. The van der Waals surface area contributed by atoms with Gasteiger partial charge in [-0.05, 0) is 43.5 Å². The van der Waals surface area contributed by atoms with Crippen molar-refractivity contribution in [2.45, 2.75) is 24.7 Å². The third-order valence-corrected chi connectivity index (χ3v) is 6.44. The molecule has 1 aliphatic heterocycles. The first-order valence-electron chi connectivity index (χ1n) is 8.48. The molecule has 1 fully saturated rings. The maximum atomic E-state index is 13.0. The molecular formula is C17H25N3O5S. The van der Waals surface area contributed by atoms with Crippen molar-refractivity contribution in [1.82, 2.24) is 9.62 Å². The van der Waals surface area contributed by atoms with Crippen LogP contribution in [-0.4, -0.2) is 57.9 Å². The van der Waals surface area contributed by atoms with Crippen molar-refractivity contribution in [3.8, 4) is 0 Å². The zero-order valence-electron chi connectivity index (χ0n) is 15.0. The molecule has 1 aliphatic rings. The van der Waals surface area contributed by atoms with Crippen LogP contribution in [0.4, 0.5) is 0 Å². The highest BCUT2D eigenvalue weighted by atomic mass is 32.2. The summed E-state index contributed by atoms with van der Waals surface area (Å²) < 4.78 is 32.0. The van der Waals surface area contributed by atoms with Gasteiger partial charge in [0.05, 0.1) is 23.5 Å². The van der Waals surface area contributed by atoms with Gasteiger partial charge in [0.2, 0.25) is 15.9 Å². The number of esters is 1. The van der Waals surface area contributed by atoms with Gasteiger partial charge in [0, 0.05) is 26.2 Å². The van der Waals surface area contributed by atoms with E-state index in [1.165, 1.54) is 29.6 Å². The van der Waals surface area contributed by atoms with Gasteiger partial charge in [-0.3, -0.25) is 4.79 Å². The first-order chi connectivity index (χ1) is 12.3. The summed E-state index contributed by atoms with van der Waals surface area (Å²) in [6.45, 7) is 2.84. The third kappa shape index (κ3) is 4.40. The van der Waals surface area contributed by atoms with E-state index in [0.717, 1.165) is 0 Å². The lowest BCUT2D eigenvalue weighted by Gasteiger charge is -2.31. The Kier molecular flexibility index (Phi) is 6.74. The van der Waals surface area contributed by atoms with Crippen LogP contribution in [0.5, 0.6) is 0 Å². The summed E-state index contributed by atoms with van der Waals surface area (Å²) in [7, 11) is -2.48. The lowest BCUT2D eigenvalue weighted by molar-refractivity contribution is -0.126. The highest BCUT2D eigenvalue weighted by molar-refractivity contribution is 7.89. The molecular weight excluding hydrogens is 358 g/mol. The molecule has 0 aromatic heterocycles. The van der Waals surface area contributed by atoms with Gasteiger partial charge in [0.1, 0.15) is 0 Å². The van der Waals surface area contributed by atoms with Crippen LogP contribution in [-0.2, 0) is 19.6 Å². The number of piperidine rings is 1. The van der Waals surface area contributed by atoms with Crippen molar-refractivity contribution in [2.24, 2.45) is 11.7 Å². The molecule has 0 radical (unpaired) electrons. The molecule has 144 valence electrons. The Morgan fingerprint density at radius 1 is 1.38 bits per heavy atom. The predicted octanol–water partition coefficient (Wildman–Crippen LogP) is 0.257. The van der Waals surface area contributed by atoms with Crippen LogP contribution >= 0.6 is 0 Å². The van der Waals surface area contributed by atoms with Gasteiger partial charge in [-0.2, -0.15) is 4.31 Å². The number of aryl methyl sites for hydroxylation is 1. The minimum absolute atomic E-state index is 0.133. The van der Waals surface area contributed by atoms with Crippen LogP contribution in [0.15, 0.2) is 23.1 Å². The van der Waals surface area contributed by atoms with Crippen molar-refractivity contribution in [2.75, 3.05) is 33.3 Å². The van der Waals surface area contributed by atoms with E-state index < -0.39 is 16.0 Å². The predicted molar refractivity (Wildman–Crippen MR) is 96.1 cm³/mol. The van der Waals surface area contributed by atoms with Crippen LogP contribution in [0.3, 0.4) is 0 Å². The summed E-state index contributed by atoms with van der Waals surface area (Å²) in [4.78, 5) is 23.9. The fourth-order valence-corrected chi connectivity index (χ4v) is 4.77. The Bertz CT molecular complexity index is 779. The van der Waals surface area contributed by atoms with Crippen molar-refractivity contribution < 1.29 is 22.7 Å². The number of amides is 1. The number of methoxy groups -OCH3 is 1. The van der Waals surface area contributed by atoms with E-state index in [0.29, 0.717) is 43.6 Å². The zero-order chi connectivity index (χ0) is 19.3. The molecule has 0 aliphatic carbocycles. The maximum Gasteiger partial charge on any atom is 0.337 e. The third-order valence-electron chi connectivity index (χ3n) is 4.41. The Balaban J connectivity index is 2.21. The van der Waals surface area contributed by atoms with E-state index in [2.05, 4.69) is 10.1 Å². The second kappa shape index (κ2) is 8.61. The molecule has 0 saturated carbocycles. The molecule has 1 amide bonds. The number of carbonyl (C=O) groups excluding carboxylic acids is 2. The van der Waals surface area contributed by atoms with E-state index >= 15 is 0 Å². The normalized spacial score (nSPS) is 18.3. The smallest absolute Gasteiger partial charge is 0.337 e. The van der Waals surface area contributed by atoms with Crippen LogP contribution in [0.1, 0.15) is 28.8 Å². The molecule has 3 N–H and O–H groups in total. The molecule has 1 aromatic rings. The monoisotopic (exact) mass is 383 g/mol. The highest BCUT2D eigenvalue weighted by Gasteiger charge is 2.34. The van der Waals surface area contributed by atoms with Crippen molar-refractivity contribution in [3.05, 3.63) is 29.3 Å². The van der Waals surface area contributed by atoms with Crippen molar-refractivity contribution >= 4 is 21.9 Å². The van der Waals surface area contributed by atoms with Crippen molar-refractivity contribution in [1.29, 1.82) is 0 Å². The number of rotatable bonds is 6. The molecule has 9 heteroatoms. The number of sulfonamides is 1. The van der Waals surface area contributed by atoms with Crippen LogP contribution in [0, 0.1) is 12.8 Å². The highest BCUT2D eigenvalue weighted by Crippen LogP contribution is 2.26. The zero-order valence-corrected chi connectivity index (χ0v) is 15.8. The number of nitrogens with zero attached hydrogens (tertiary/aromatic N) is 1. The van der Waals surface area contributed by atoms with Gasteiger partial charge in [-0.25, -0.2) is 13.2 Å². The first-order valence-corrected chi connectivity index (χ1v) is 9.92. The van der Waals surface area contributed by atoms with Crippen LogP contribution < -0.4 is 11.1 Å². The fraction of sp³-hybridized carbons (Fsp3) is 0.529. The summed E-state index contributed by atoms with van der Waals surface area (Å²) in [5, 5.41) is 2.71. The molecule has 2 rings (SSSR count). The number of ether oxygens (including phenoxy) is 1. The molecule has 0 spiro atoms. The number of carbonyl (C=O) groups is 2. The van der Waals surface area contributed by atoms with E-state index in [-0.39, 0.29) is 23.3 Å². The minimum Gasteiger partial charge on any atom is -0.465 e. The van der Waals surface area contributed by atoms with Gasteiger partial charge in [-0.1, -0.05) is 0 Å². The van der Waals surface area contributed by atoms with Gasteiger partial charge in [-0.15, -0.1) is 0 Å². The Morgan fingerprint density at radius 2 is 2.12 bits per heavy atom. The SMILES string of the molecule is COC(=O)c1ccc(S(=O)(=O)N2CCCC(C(=O)NCCN)C2)c(C)c1. The standard InChI is InChI=1S/C17H25N3O5S/c1-12-10-13(17(22)25-2)5-6-15(12)26(23,24)20-9-3-4-14(11-20)16(21)19-8-7-18/h5-6,10,14H,3-4,7-9,11,18H2,1-2H3,(H,19,21). The van der Waals surface area contributed by atoms with E-state index in [1.807, 2.05) is 0 Å². The van der Waals surface area contributed by atoms with E-state index in [1.54, 1.807) is 6.92 Å². The second-order valence-corrected chi connectivity index (χ2v) is 8.16. The maximum absolute atomic E-state index is 13.0.